The number of ether oxygens (including phenoxy) is 11. The molecule has 2 amide bonds. The Labute approximate surface area is 458 Å². The van der Waals surface area contributed by atoms with Gasteiger partial charge in [-0.2, -0.15) is 0 Å². The van der Waals surface area contributed by atoms with Crippen molar-refractivity contribution in [1.29, 1.82) is 0 Å². The predicted molar refractivity (Wildman–Crippen MR) is 284 cm³/mol. The molecule has 0 aromatic heterocycles. The standard InChI is InChI=1S/C62H65NO16/c1-8-14-35-41-20-42-36(15-9-2)44-22-46-38(17-11-4)48-23-47-37(16-10-3)45-21-43(35)55-50(25-69-32(5)64)57(45)76-30-78-59(47)52(27-71-34(7)66)60(48)79-31-77-58(46)51(26-70-33(6)65)56(44)75-29-73-54(42)49(53(41)72-28-74-55)24-63-61(67)39-18-12-13-19-40(39)62(63)68/h12-13,18-23,35-38H,8-11,14-17,24-31H2,1-7H3. The monoisotopic (exact) mass is 1080 g/mol. The van der Waals surface area contributed by atoms with Gasteiger partial charge in [-0.1, -0.05) is 65.5 Å². The second kappa shape index (κ2) is 22.1. The summed E-state index contributed by atoms with van der Waals surface area (Å²) in [6, 6.07) is 15.4. The summed E-state index contributed by atoms with van der Waals surface area (Å²) in [5.41, 5.74) is 8.85. The molecule has 5 aromatic carbocycles. The highest BCUT2D eigenvalue weighted by atomic mass is 16.7. The first-order chi connectivity index (χ1) is 38.4. The minimum atomic E-state index is -0.504. The average molecular weight is 1080 g/mol. The van der Waals surface area contributed by atoms with Gasteiger partial charge in [-0.05, 0) is 62.1 Å². The van der Waals surface area contributed by atoms with Gasteiger partial charge in [-0.15, -0.1) is 0 Å². The van der Waals surface area contributed by atoms with Crippen molar-refractivity contribution in [3.05, 3.63) is 126 Å². The molecule has 79 heavy (non-hydrogen) atoms. The number of imide groups is 1. The van der Waals surface area contributed by atoms with Crippen LogP contribution in [0.4, 0.5) is 0 Å². The molecule has 414 valence electrons. The smallest absolute Gasteiger partial charge is 0.302 e. The molecule has 0 spiro atoms. The van der Waals surface area contributed by atoms with Crippen molar-refractivity contribution in [2.45, 2.75) is 150 Å². The quantitative estimate of drug-likeness (QED) is 0.0515. The Bertz CT molecular complexity index is 3110. The number of hydrogen-bond acceptors (Lipinski definition) is 16. The molecule has 5 heterocycles. The maximum absolute atomic E-state index is 14.5. The summed E-state index contributed by atoms with van der Waals surface area (Å²) < 4.78 is 72.2. The molecule has 0 saturated carbocycles. The molecule has 11 rings (SSSR count). The van der Waals surface area contributed by atoms with Gasteiger partial charge in [0.15, 0.2) is 0 Å². The van der Waals surface area contributed by atoms with Gasteiger partial charge in [0.2, 0.25) is 27.2 Å². The molecular weight excluding hydrogens is 1010 g/mol. The Morgan fingerprint density at radius 1 is 0.418 bits per heavy atom. The molecule has 17 heteroatoms. The number of benzene rings is 5. The van der Waals surface area contributed by atoms with Gasteiger partial charge in [0.05, 0.1) is 39.9 Å². The summed E-state index contributed by atoms with van der Waals surface area (Å²) in [4.78, 5) is 68.8. The van der Waals surface area contributed by atoms with E-state index in [1.807, 2.05) is 0 Å². The van der Waals surface area contributed by atoms with Gasteiger partial charge in [0, 0.05) is 89.0 Å². The van der Waals surface area contributed by atoms with Crippen LogP contribution in [-0.2, 0) is 55.0 Å². The average Bonchev–Trinajstić information content (AvgIpc) is 3.88. The number of esters is 3. The molecule has 8 bridgehead atoms. The third kappa shape index (κ3) is 9.37. The number of rotatable bonds is 16. The van der Waals surface area contributed by atoms with E-state index in [9.17, 15) is 24.0 Å². The van der Waals surface area contributed by atoms with Gasteiger partial charge in [0.25, 0.3) is 11.8 Å². The van der Waals surface area contributed by atoms with Gasteiger partial charge in [-0.25, -0.2) is 0 Å². The fourth-order valence-electron chi connectivity index (χ4n) is 12.7. The lowest BCUT2D eigenvalue weighted by Gasteiger charge is -2.37. The third-order valence-corrected chi connectivity index (χ3v) is 15.9. The molecule has 0 N–H and O–H groups in total. The van der Waals surface area contributed by atoms with E-state index in [4.69, 9.17) is 52.1 Å². The summed E-state index contributed by atoms with van der Waals surface area (Å²) in [6.45, 7) is 10.4. The zero-order valence-corrected chi connectivity index (χ0v) is 45.7. The van der Waals surface area contributed by atoms with Crippen LogP contribution < -0.4 is 37.9 Å². The lowest BCUT2D eigenvalue weighted by atomic mass is 9.74. The van der Waals surface area contributed by atoms with Crippen LogP contribution in [0, 0.1) is 0 Å². The van der Waals surface area contributed by atoms with Crippen LogP contribution in [0.25, 0.3) is 0 Å². The first-order valence-electron chi connectivity index (χ1n) is 27.5. The summed E-state index contributed by atoms with van der Waals surface area (Å²) >= 11 is 0. The zero-order chi connectivity index (χ0) is 55.2. The molecular formula is C62H65NO16. The SMILES string of the molecule is CCCC1c2cc3c4c(COC(C)=O)c2OCOc2c1cc1c(c2COC(C)=O)OCOc2c(cc5c(c2CN2C(=O)c6ccccc6C2=O)OCOc2c(cc(c(c2COC(C)=O)OCO4)C3CCC)C5CCC)C1CCC. The Hall–Kier alpha value is -7.95. The minimum Gasteiger partial charge on any atom is -0.461 e. The van der Waals surface area contributed by atoms with E-state index >= 15 is 0 Å². The Morgan fingerprint density at radius 3 is 0.886 bits per heavy atom. The summed E-state index contributed by atoms with van der Waals surface area (Å²) in [6.07, 6.45) is 5.12. The number of carbonyl (C=O) groups excluding carboxylic acids is 5. The lowest BCUT2D eigenvalue weighted by molar-refractivity contribution is -0.143. The number of carbonyl (C=O) groups is 5. The third-order valence-electron chi connectivity index (χ3n) is 15.9. The number of fused-ring (bicyclic) bond motifs is 1. The summed E-state index contributed by atoms with van der Waals surface area (Å²) in [5.74, 6) is -0.894. The van der Waals surface area contributed by atoms with Gasteiger partial charge in [0.1, 0.15) is 65.8 Å². The Morgan fingerprint density at radius 2 is 0.658 bits per heavy atom. The van der Waals surface area contributed by atoms with E-state index in [1.165, 1.54) is 25.7 Å². The number of nitrogens with zero attached hydrogens (tertiary/aromatic N) is 1. The van der Waals surface area contributed by atoms with Crippen molar-refractivity contribution in [2.75, 3.05) is 27.2 Å². The van der Waals surface area contributed by atoms with Crippen LogP contribution in [0.5, 0.6) is 46.0 Å². The van der Waals surface area contributed by atoms with Crippen LogP contribution in [0.15, 0.2) is 48.5 Å². The number of amides is 2. The molecule has 5 aromatic rings. The minimum absolute atomic E-state index is 0.190. The van der Waals surface area contributed by atoms with E-state index in [2.05, 4.69) is 52.0 Å². The van der Waals surface area contributed by atoms with Crippen LogP contribution in [0.2, 0.25) is 0 Å². The molecule has 1 aliphatic carbocycles. The highest BCUT2D eigenvalue weighted by molar-refractivity contribution is 6.21. The predicted octanol–water partition coefficient (Wildman–Crippen LogP) is 11.6. The van der Waals surface area contributed by atoms with Gasteiger partial charge >= 0.3 is 17.9 Å². The van der Waals surface area contributed by atoms with Crippen LogP contribution in [0.1, 0.15) is 211 Å². The molecule has 17 nitrogen and oxygen atoms in total. The fraction of sp³-hybridized carbons (Fsp3) is 0.435. The highest BCUT2D eigenvalue weighted by Crippen LogP contribution is 2.59. The fourth-order valence-corrected chi connectivity index (χ4v) is 12.7. The van der Waals surface area contributed by atoms with Crippen molar-refractivity contribution in [1.82, 2.24) is 4.90 Å². The first-order valence-corrected chi connectivity index (χ1v) is 27.5. The number of hydrogen-bond donors (Lipinski definition) is 0. The van der Waals surface area contributed by atoms with Crippen molar-refractivity contribution >= 4 is 29.7 Å². The van der Waals surface area contributed by atoms with Crippen LogP contribution in [-0.4, -0.2) is 61.8 Å². The van der Waals surface area contributed by atoms with E-state index < -0.39 is 53.4 Å². The molecule has 0 radical (unpaired) electrons. The Balaban J connectivity index is 1.31. The molecule has 5 aliphatic heterocycles. The normalized spacial score (nSPS) is 18.7. The van der Waals surface area contributed by atoms with Crippen molar-refractivity contribution in [3.63, 3.8) is 0 Å². The first kappa shape index (κ1) is 53.1. The van der Waals surface area contributed by atoms with E-state index in [0.717, 1.165) is 44.5 Å². The zero-order valence-electron chi connectivity index (χ0n) is 45.7. The summed E-state index contributed by atoms with van der Waals surface area (Å²) in [5, 5.41) is 0. The maximum Gasteiger partial charge on any atom is 0.302 e. The lowest BCUT2D eigenvalue weighted by Crippen LogP contribution is -2.31. The maximum atomic E-state index is 14.5. The second-order valence-electron chi connectivity index (χ2n) is 20.8. The van der Waals surface area contributed by atoms with E-state index in [0.29, 0.717) is 131 Å². The molecule has 6 aliphatic rings. The molecule has 4 atom stereocenters. The topological polar surface area (TPSA) is 190 Å². The van der Waals surface area contributed by atoms with Crippen LogP contribution in [0.3, 0.4) is 0 Å². The Kier molecular flexibility index (Phi) is 14.8. The second-order valence-corrected chi connectivity index (χ2v) is 20.8. The molecule has 4 unspecified atom stereocenters. The van der Waals surface area contributed by atoms with E-state index in [1.54, 1.807) is 24.3 Å². The highest BCUT2D eigenvalue weighted by Gasteiger charge is 2.44. The van der Waals surface area contributed by atoms with Crippen molar-refractivity contribution in [2.24, 2.45) is 0 Å². The van der Waals surface area contributed by atoms with Crippen LogP contribution >= 0.6 is 0 Å². The van der Waals surface area contributed by atoms with Crippen molar-refractivity contribution in [3.8, 4) is 46.0 Å². The largest absolute Gasteiger partial charge is 0.461 e. The van der Waals surface area contributed by atoms with Gasteiger partial charge < -0.3 is 52.1 Å². The van der Waals surface area contributed by atoms with E-state index in [-0.39, 0.29) is 53.5 Å². The summed E-state index contributed by atoms with van der Waals surface area (Å²) in [7, 11) is 0. The van der Waals surface area contributed by atoms with Crippen molar-refractivity contribution < 1.29 is 76.1 Å². The molecule has 0 saturated heterocycles. The van der Waals surface area contributed by atoms with Gasteiger partial charge in [-0.3, -0.25) is 28.9 Å². The molecule has 0 fully saturated rings.